The van der Waals surface area contributed by atoms with Gasteiger partial charge in [0.15, 0.2) is 5.82 Å². The summed E-state index contributed by atoms with van der Waals surface area (Å²) >= 11 is 6.14. The molecule has 0 saturated heterocycles. The monoisotopic (exact) mass is 293 g/mol. The van der Waals surface area contributed by atoms with Crippen LogP contribution in [0.3, 0.4) is 0 Å². The smallest absolute Gasteiger partial charge is 0.347 e. The van der Waals surface area contributed by atoms with Crippen molar-refractivity contribution in [1.29, 1.82) is 0 Å². The van der Waals surface area contributed by atoms with Crippen LogP contribution in [0.5, 0.6) is 0 Å². The maximum Gasteiger partial charge on any atom is 0.347 e. The summed E-state index contributed by atoms with van der Waals surface area (Å²) in [5, 5.41) is 13.5. The van der Waals surface area contributed by atoms with Crippen molar-refractivity contribution < 1.29 is 9.90 Å². The summed E-state index contributed by atoms with van der Waals surface area (Å²) in [5.41, 5.74) is 0.243. The van der Waals surface area contributed by atoms with Crippen molar-refractivity contribution in [2.24, 2.45) is 0 Å². The second-order valence-corrected chi connectivity index (χ2v) is 5.15. The summed E-state index contributed by atoms with van der Waals surface area (Å²) in [7, 11) is 0. The van der Waals surface area contributed by atoms with Crippen molar-refractivity contribution in [3.05, 3.63) is 39.8 Å². The zero-order chi connectivity index (χ0) is 14.3. The first-order valence-corrected chi connectivity index (χ1v) is 6.62. The Kier molecular flexibility index (Phi) is 3.10. The molecule has 0 bridgehead atoms. The molecule has 3 rings (SSSR count). The van der Waals surface area contributed by atoms with E-state index in [1.807, 2.05) is 0 Å². The molecule has 1 aromatic heterocycles. The highest BCUT2D eigenvalue weighted by molar-refractivity contribution is 6.33. The number of carboxylic acid groups (broad SMARTS) is 1. The molecule has 20 heavy (non-hydrogen) atoms. The summed E-state index contributed by atoms with van der Waals surface area (Å²) in [6.45, 7) is -0.448. The van der Waals surface area contributed by atoms with Gasteiger partial charge in [-0.3, -0.25) is 9.36 Å². The topological polar surface area (TPSA) is 77.1 Å². The van der Waals surface area contributed by atoms with Crippen molar-refractivity contribution in [2.75, 3.05) is 0 Å². The lowest BCUT2D eigenvalue weighted by atomic mass is 10.2. The van der Waals surface area contributed by atoms with E-state index in [1.165, 1.54) is 0 Å². The van der Waals surface area contributed by atoms with Gasteiger partial charge in [0, 0.05) is 11.6 Å². The predicted octanol–water partition coefficient (Wildman–Crippen LogP) is 1.78. The molecule has 1 aliphatic rings. The van der Waals surface area contributed by atoms with E-state index in [9.17, 15) is 9.59 Å². The van der Waals surface area contributed by atoms with E-state index in [4.69, 9.17) is 16.7 Å². The summed E-state index contributed by atoms with van der Waals surface area (Å²) in [6.07, 6.45) is 1.80. The fraction of sp³-hybridized carbons (Fsp3) is 0.308. The zero-order valence-corrected chi connectivity index (χ0v) is 11.2. The summed E-state index contributed by atoms with van der Waals surface area (Å²) in [4.78, 5) is 23.0. The average molecular weight is 294 g/mol. The summed E-state index contributed by atoms with van der Waals surface area (Å²) in [5.74, 6) is -0.664. The van der Waals surface area contributed by atoms with Crippen LogP contribution in [0.25, 0.3) is 11.4 Å². The fourth-order valence-corrected chi connectivity index (χ4v) is 2.36. The molecule has 0 atom stereocenters. The van der Waals surface area contributed by atoms with Crippen LogP contribution in [0.2, 0.25) is 5.02 Å². The summed E-state index contributed by atoms with van der Waals surface area (Å²) < 4.78 is 2.52. The molecule has 1 aliphatic carbocycles. The van der Waals surface area contributed by atoms with E-state index in [1.54, 1.807) is 28.8 Å². The van der Waals surface area contributed by atoms with Gasteiger partial charge in [-0.1, -0.05) is 23.7 Å². The minimum absolute atomic E-state index is 0.0938. The van der Waals surface area contributed by atoms with Crippen LogP contribution in [0, 0.1) is 0 Å². The minimum atomic E-state index is -1.10. The second kappa shape index (κ2) is 4.79. The number of carbonyl (C=O) groups is 1. The van der Waals surface area contributed by atoms with Gasteiger partial charge in [-0.25, -0.2) is 9.48 Å². The van der Waals surface area contributed by atoms with Gasteiger partial charge < -0.3 is 5.11 Å². The third kappa shape index (κ3) is 2.22. The van der Waals surface area contributed by atoms with E-state index < -0.39 is 18.2 Å². The highest BCUT2D eigenvalue weighted by Gasteiger charge is 2.31. The van der Waals surface area contributed by atoms with Crippen molar-refractivity contribution in [3.63, 3.8) is 0 Å². The summed E-state index contributed by atoms with van der Waals surface area (Å²) in [6, 6.07) is 7.18. The van der Waals surface area contributed by atoms with Gasteiger partial charge in [0.25, 0.3) is 0 Å². The molecule has 1 aromatic carbocycles. The number of benzene rings is 1. The van der Waals surface area contributed by atoms with Crippen LogP contribution >= 0.6 is 11.6 Å². The lowest BCUT2D eigenvalue weighted by Gasteiger charge is -2.04. The molecule has 0 spiro atoms. The Morgan fingerprint density at radius 3 is 2.70 bits per heavy atom. The van der Waals surface area contributed by atoms with Crippen LogP contribution in [-0.4, -0.2) is 25.4 Å². The minimum Gasteiger partial charge on any atom is -0.480 e. The number of aromatic nitrogens is 3. The number of halogens is 1. The maximum absolute atomic E-state index is 12.2. The molecule has 1 fully saturated rings. The zero-order valence-electron chi connectivity index (χ0n) is 10.5. The van der Waals surface area contributed by atoms with Crippen molar-refractivity contribution in [1.82, 2.24) is 14.3 Å². The molecule has 1 saturated carbocycles. The number of aliphatic carboxylic acids is 1. The van der Waals surface area contributed by atoms with Gasteiger partial charge in [-0.15, -0.1) is 5.10 Å². The van der Waals surface area contributed by atoms with E-state index in [0.29, 0.717) is 16.4 Å². The number of hydrogen-bond acceptors (Lipinski definition) is 3. The predicted molar refractivity (Wildman–Crippen MR) is 72.8 cm³/mol. The lowest BCUT2D eigenvalue weighted by molar-refractivity contribution is -0.137. The molecule has 1 N–H and O–H groups in total. The lowest BCUT2D eigenvalue weighted by Crippen LogP contribution is -2.27. The van der Waals surface area contributed by atoms with Gasteiger partial charge in [-0.2, -0.15) is 0 Å². The van der Waals surface area contributed by atoms with Gasteiger partial charge in [-0.05, 0) is 25.0 Å². The number of carboxylic acids is 1. The molecule has 2 aromatic rings. The van der Waals surface area contributed by atoms with Gasteiger partial charge in [0.2, 0.25) is 0 Å². The highest BCUT2D eigenvalue weighted by atomic mass is 35.5. The third-order valence-electron chi connectivity index (χ3n) is 3.18. The Morgan fingerprint density at radius 1 is 1.40 bits per heavy atom. The largest absolute Gasteiger partial charge is 0.480 e. The van der Waals surface area contributed by atoms with Gasteiger partial charge in [0.1, 0.15) is 6.54 Å². The molecule has 0 radical (unpaired) electrons. The first kappa shape index (κ1) is 12.9. The normalized spacial score (nSPS) is 14.4. The van der Waals surface area contributed by atoms with Gasteiger partial charge >= 0.3 is 11.7 Å². The number of nitrogens with zero attached hydrogens (tertiary/aromatic N) is 3. The third-order valence-corrected chi connectivity index (χ3v) is 3.51. The molecular formula is C13H12ClN3O3. The Balaban J connectivity index is 2.17. The molecule has 0 aliphatic heterocycles. The van der Waals surface area contributed by atoms with E-state index >= 15 is 0 Å². The van der Waals surface area contributed by atoms with E-state index in [0.717, 1.165) is 17.5 Å². The molecule has 1 heterocycles. The maximum atomic E-state index is 12.2. The second-order valence-electron chi connectivity index (χ2n) is 4.74. The number of rotatable bonds is 4. The molecular weight excluding hydrogens is 282 g/mol. The standard InChI is InChI=1S/C13H12ClN3O3/c14-10-4-2-1-3-9(10)12-15-16(7-11(18)19)13(20)17(12)8-5-6-8/h1-4,8H,5-7H2,(H,18,19). The molecule has 0 amide bonds. The molecule has 7 heteroatoms. The van der Waals surface area contributed by atoms with Crippen LogP contribution < -0.4 is 5.69 Å². The van der Waals surface area contributed by atoms with Crippen LogP contribution in [0.4, 0.5) is 0 Å². The number of hydrogen-bond donors (Lipinski definition) is 1. The van der Waals surface area contributed by atoms with Crippen molar-refractivity contribution >= 4 is 17.6 Å². The highest BCUT2D eigenvalue weighted by Crippen LogP contribution is 2.37. The molecule has 6 nitrogen and oxygen atoms in total. The first-order chi connectivity index (χ1) is 9.58. The van der Waals surface area contributed by atoms with E-state index in [2.05, 4.69) is 5.10 Å². The van der Waals surface area contributed by atoms with Gasteiger partial charge in [0.05, 0.1) is 5.02 Å². The SMILES string of the molecule is O=C(O)Cn1nc(-c2ccccc2Cl)n(C2CC2)c1=O. The van der Waals surface area contributed by atoms with Crippen LogP contribution in [0.15, 0.2) is 29.1 Å². The Bertz CT molecular complexity index is 731. The quantitative estimate of drug-likeness (QED) is 0.932. The van der Waals surface area contributed by atoms with Crippen molar-refractivity contribution in [2.45, 2.75) is 25.4 Å². The van der Waals surface area contributed by atoms with Crippen LogP contribution in [-0.2, 0) is 11.3 Å². The van der Waals surface area contributed by atoms with E-state index in [-0.39, 0.29) is 6.04 Å². The van der Waals surface area contributed by atoms with Crippen LogP contribution in [0.1, 0.15) is 18.9 Å². The Morgan fingerprint density at radius 2 is 2.10 bits per heavy atom. The Labute approximate surface area is 119 Å². The van der Waals surface area contributed by atoms with Crippen molar-refractivity contribution in [3.8, 4) is 11.4 Å². The Hall–Kier alpha value is -2.08. The molecule has 104 valence electrons. The first-order valence-electron chi connectivity index (χ1n) is 6.24. The fourth-order valence-electron chi connectivity index (χ4n) is 2.14. The average Bonchev–Trinajstić information content (AvgIpc) is 3.17. The molecule has 0 unspecified atom stereocenters.